The highest BCUT2D eigenvalue weighted by atomic mass is 32.1. The van der Waals surface area contributed by atoms with E-state index in [1.165, 1.54) is 11.3 Å². The summed E-state index contributed by atoms with van der Waals surface area (Å²) in [6.07, 6.45) is 1.90. The molecule has 1 fully saturated rings. The van der Waals surface area contributed by atoms with Crippen molar-refractivity contribution < 1.29 is 22.7 Å². The Morgan fingerprint density at radius 3 is 2.60 bits per heavy atom. The van der Waals surface area contributed by atoms with E-state index in [4.69, 9.17) is 4.74 Å². The number of aromatic nitrogens is 5. The van der Waals surface area contributed by atoms with Crippen molar-refractivity contribution in [2.24, 2.45) is 0 Å². The molecular weight excluding hydrogens is 481 g/mol. The topological polar surface area (TPSA) is 94.8 Å². The number of nitrogens with one attached hydrogen (secondary N) is 1. The second-order valence-electron chi connectivity index (χ2n) is 8.37. The van der Waals surface area contributed by atoms with E-state index in [1.807, 2.05) is 11.6 Å². The zero-order chi connectivity index (χ0) is 24.7. The summed E-state index contributed by atoms with van der Waals surface area (Å²) in [5.74, 6) is -1.61. The summed E-state index contributed by atoms with van der Waals surface area (Å²) >= 11 is 1.52. The molecule has 12 heteroatoms. The first kappa shape index (κ1) is 23.4. The SMILES string of the molecule is Cc1cnc(-c2cc(C(=O)NC(C)c3cnc(C(F)(F)F)nc3)cc3c2cnn3[C@@H]2CCOC2)s1. The molecule has 5 rings (SSSR count). The predicted octanol–water partition coefficient (Wildman–Crippen LogP) is 4.73. The highest BCUT2D eigenvalue weighted by molar-refractivity contribution is 7.15. The van der Waals surface area contributed by atoms with Crippen LogP contribution in [0.3, 0.4) is 0 Å². The molecule has 8 nitrogen and oxygen atoms in total. The van der Waals surface area contributed by atoms with E-state index >= 15 is 0 Å². The van der Waals surface area contributed by atoms with E-state index in [9.17, 15) is 18.0 Å². The lowest BCUT2D eigenvalue weighted by atomic mass is 10.0. The van der Waals surface area contributed by atoms with Gasteiger partial charge in [0.05, 0.1) is 30.4 Å². The molecule has 1 N–H and O–H groups in total. The summed E-state index contributed by atoms with van der Waals surface area (Å²) in [5.41, 5.74) is 2.33. The molecule has 1 amide bonds. The molecule has 0 saturated carbocycles. The summed E-state index contributed by atoms with van der Waals surface area (Å²) in [6.45, 7) is 4.82. The number of thiazole rings is 1. The summed E-state index contributed by atoms with van der Waals surface area (Å²) < 4.78 is 45.7. The number of carbonyl (C=O) groups is 1. The lowest BCUT2D eigenvalue weighted by Gasteiger charge is -2.16. The van der Waals surface area contributed by atoms with E-state index < -0.39 is 18.0 Å². The zero-order valence-corrected chi connectivity index (χ0v) is 19.7. The average Bonchev–Trinajstić information content (AvgIpc) is 3.58. The predicted molar refractivity (Wildman–Crippen MR) is 123 cm³/mol. The van der Waals surface area contributed by atoms with Crippen LogP contribution in [-0.2, 0) is 10.9 Å². The Morgan fingerprint density at radius 2 is 1.97 bits per heavy atom. The average molecular weight is 503 g/mol. The third-order valence-electron chi connectivity index (χ3n) is 5.85. The first-order chi connectivity index (χ1) is 16.7. The van der Waals surface area contributed by atoms with Crippen LogP contribution in [0.5, 0.6) is 0 Å². The lowest BCUT2D eigenvalue weighted by Crippen LogP contribution is -2.27. The van der Waals surface area contributed by atoms with E-state index in [0.29, 0.717) is 24.3 Å². The van der Waals surface area contributed by atoms with Gasteiger partial charge >= 0.3 is 6.18 Å². The van der Waals surface area contributed by atoms with Gasteiger partial charge in [-0.25, -0.2) is 15.0 Å². The molecule has 4 heterocycles. The van der Waals surface area contributed by atoms with Crippen molar-refractivity contribution in [2.45, 2.75) is 38.5 Å². The van der Waals surface area contributed by atoms with E-state index in [2.05, 4.69) is 25.4 Å². The summed E-state index contributed by atoms with van der Waals surface area (Å²) in [6, 6.07) is 3.00. The van der Waals surface area contributed by atoms with Gasteiger partial charge in [-0.3, -0.25) is 9.48 Å². The molecule has 1 unspecified atom stereocenters. The maximum absolute atomic E-state index is 13.2. The van der Waals surface area contributed by atoms with Gasteiger partial charge in [-0.1, -0.05) is 0 Å². The van der Waals surface area contributed by atoms with Crippen LogP contribution in [0.15, 0.2) is 36.9 Å². The number of amides is 1. The number of alkyl halides is 3. The van der Waals surface area contributed by atoms with Crippen LogP contribution in [0.1, 0.15) is 52.1 Å². The van der Waals surface area contributed by atoms with Gasteiger partial charge in [-0.05, 0) is 32.4 Å². The quantitative estimate of drug-likeness (QED) is 0.424. The van der Waals surface area contributed by atoms with Gasteiger partial charge in [-0.2, -0.15) is 18.3 Å². The minimum Gasteiger partial charge on any atom is -0.379 e. The van der Waals surface area contributed by atoms with Gasteiger partial charge in [0.25, 0.3) is 5.91 Å². The van der Waals surface area contributed by atoms with Crippen LogP contribution in [0.25, 0.3) is 21.5 Å². The third-order valence-corrected chi connectivity index (χ3v) is 6.80. The fourth-order valence-electron chi connectivity index (χ4n) is 4.01. The third kappa shape index (κ3) is 4.63. The van der Waals surface area contributed by atoms with Gasteiger partial charge < -0.3 is 10.1 Å². The maximum atomic E-state index is 13.2. The van der Waals surface area contributed by atoms with Crippen molar-refractivity contribution in [1.82, 2.24) is 30.0 Å². The Bertz CT molecular complexity index is 1380. The molecule has 4 aromatic rings. The Morgan fingerprint density at radius 1 is 1.20 bits per heavy atom. The fourth-order valence-corrected chi connectivity index (χ4v) is 4.80. The first-order valence-electron chi connectivity index (χ1n) is 10.9. The van der Waals surface area contributed by atoms with E-state index in [0.717, 1.165) is 45.2 Å². The molecule has 1 saturated heterocycles. The number of ether oxygens (including phenoxy) is 1. The Balaban J connectivity index is 1.49. The monoisotopic (exact) mass is 502 g/mol. The second-order valence-corrected chi connectivity index (χ2v) is 9.61. The van der Waals surface area contributed by atoms with Crippen LogP contribution >= 0.6 is 11.3 Å². The normalized spacial score (nSPS) is 17.1. The molecule has 2 atom stereocenters. The molecule has 0 bridgehead atoms. The summed E-state index contributed by atoms with van der Waals surface area (Å²) in [5, 5.41) is 9.06. The number of nitrogens with zero attached hydrogens (tertiary/aromatic N) is 5. The van der Waals surface area contributed by atoms with Crippen molar-refractivity contribution in [1.29, 1.82) is 0 Å². The fraction of sp³-hybridized carbons (Fsp3) is 0.348. The Labute approximate surface area is 202 Å². The number of halogens is 3. The molecule has 182 valence electrons. The van der Waals surface area contributed by atoms with Crippen LogP contribution in [-0.4, -0.2) is 43.9 Å². The summed E-state index contributed by atoms with van der Waals surface area (Å²) in [7, 11) is 0. The second kappa shape index (κ2) is 9.00. The van der Waals surface area contributed by atoms with Crippen molar-refractivity contribution in [3.8, 4) is 10.6 Å². The van der Waals surface area contributed by atoms with Gasteiger partial charge in [0.1, 0.15) is 5.01 Å². The standard InChI is InChI=1S/C23H21F3N6O2S/c1-12-7-27-21(35-12)17-5-14(6-19-18(17)10-30-32(19)16-3-4-34-11-16)20(33)31-13(2)15-8-28-22(29-9-15)23(24,25)26/h5-10,13,16H,3-4,11H2,1-2H3,(H,31,33)/t13?,16-/m1/s1. The van der Waals surface area contributed by atoms with Crippen molar-refractivity contribution in [3.05, 3.63) is 58.7 Å². The first-order valence-corrected chi connectivity index (χ1v) is 11.7. The van der Waals surface area contributed by atoms with Crippen LogP contribution in [0.2, 0.25) is 0 Å². The molecule has 1 aliphatic heterocycles. The minimum atomic E-state index is -4.63. The smallest absolute Gasteiger partial charge is 0.379 e. The molecule has 3 aromatic heterocycles. The van der Waals surface area contributed by atoms with Gasteiger partial charge in [-0.15, -0.1) is 11.3 Å². The largest absolute Gasteiger partial charge is 0.451 e. The highest BCUT2D eigenvalue weighted by Crippen LogP contribution is 2.35. The molecule has 0 aliphatic carbocycles. The molecule has 0 radical (unpaired) electrons. The number of rotatable bonds is 5. The van der Waals surface area contributed by atoms with Crippen LogP contribution < -0.4 is 5.32 Å². The Hall–Kier alpha value is -3.38. The number of fused-ring (bicyclic) bond motifs is 1. The molecule has 0 spiro atoms. The number of hydrogen-bond acceptors (Lipinski definition) is 7. The highest BCUT2D eigenvalue weighted by Gasteiger charge is 2.34. The Kier molecular flexibility index (Phi) is 6.01. The number of hydrogen-bond donors (Lipinski definition) is 1. The minimum absolute atomic E-state index is 0.0694. The molecule has 1 aliphatic rings. The molecular formula is C23H21F3N6O2S. The zero-order valence-electron chi connectivity index (χ0n) is 18.8. The van der Waals surface area contributed by atoms with Crippen molar-refractivity contribution in [2.75, 3.05) is 13.2 Å². The number of benzene rings is 1. The van der Waals surface area contributed by atoms with Gasteiger partial charge in [0.2, 0.25) is 5.82 Å². The number of carbonyl (C=O) groups excluding carboxylic acids is 1. The van der Waals surface area contributed by atoms with Gasteiger partial charge in [0.15, 0.2) is 0 Å². The van der Waals surface area contributed by atoms with E-state index in [-0.39, 0.29) is 11.9 Å². The van der Waals surface area contributed by atoms with Gasteiger partial charge in [0, 0.05) is 52.2 Å². The maximum Gasteiger partial charge on any atom is 0.451 e. The molecule has 1 aromatic carbocycles. The van der Waals surface area contributed by atoms with E-state index in [1.54, 1.807) is 31.5 Å². The molecule has 35 heavy (non-hydrogen) atoms. The lowest BCUT2D eigenvalue weighted by molar-refractivity contribution is -0.145. The summed E-state index contributed by atoms with van der Waals surface area (Å²) in [4.78, 5) is 25.5. The van der Waals surface area contributed by atoms with Crippen LogP contribution in [0, 0.1) is 6.92 Å². The van der Waals surface area contributed by atoms with Crippen molar-refractivity contribution >= 4 is 28.1 Å². The van der Waals surface area contributed by atoms with Crippen LogP contribution in [0.4, 0.5) is 13.2 Å². The number of aryl methyl sites for hydroxylation is 1. The van der Waals surface area contributed by atoms with Crippen molar-refractivity contribution in [3.63, 3.8) is 0 Å².